The van der Waals surface area contributed by atoms with Crippen LogP contribution in [0, 0.1) is 6.92 Å². The van der Waals surface area contributed by atoms with Gasteiger partial charge in [-0.25, -0.2) is 0 Å². The second kappa shape index (κ2) is 8.28. The zero-order valence-electron chi connectivity index (χ0n) is 14.6. The summed E-state index contributed by atoms with van der Waals surface area (Å²) < 4.78 is 10.5. The molecule has 1 aliphatic rings. The molecule has 0 saturated heterocycles. The average molecular weight is 391 g/mol. The Balaban J connectivity index is 1.47. The molecular weight excluding hydrogens is 372 g/mol. The molecule has 2 aromatic rings. The normalized spacial score (nSPS) is 13.1. The fourth-order valence-corrected chi connectivity index (χ4v) is 2.73. The van der Waals surface area contributed by atoms with E-state index in [4.69, 9.17) is 21.1 Å². The molecule has 1 aliphatic heterocycles. The Bertz CT molecular complexity index is 871. The third-order valence-electron chi connectivity index (χ3n) is 4.12. The monoisotopic (exact) mass is 390 g/mol. The topological polar surface area (TPSA) is 96.9 Å². The lowest BCUT2D eigenvalue weighted by Crippen LogP contribution is -2.36. The molecule has 3 rings (SSSR count). The van der Waals surface area contributed by atoms with Gasteiger partial charge in [0.1, 0.15) is 0 Å². The van der Waals surface area contributed by atoms with Gasteiger partial charge in [-0.05, 0) is 48.7 Å². The van der Waals surface area contributed by atoms with Crippen molar-refractivity contribution in [3.8, 4) is 11.5 Å². The van der Waals surface area contributed by atoms with E-state index in [0.29, 0.717) is 27.8 Å². The minimum absolute atomic E-state index is 0.135. The summed E-state index contributed by atoms with van der Waals surface area (Å²) in [5.41, 5.74) is 1.95. The number of hydrogen-bond acceptors (Lipinski definition) is 5. The molecule has 0 aromatic heterocycles. The third-order valence-corrected chi connectivity index (χ3v) is 4.53. The Morgan fingerprint density at radius 3 is 2.70 bits per heavy atom. The van der Waals surface area contributed by atoms with Crippen LogP contribution in [0.2, 0.25) is 5.02 Å². The quantitative estimate of drug-likeness (QED) is 0.682. The summed E-state index contributed by atoms with van der Waals surface area (Å²) >= 11 is 5.99. The number of carbonyl (C=O) groups is 2. The van der Waals surface area contributed by atoms with Gasteiger partial charge in [-0.2, -0.15) is 0 Å². The first-order valence-corrected chi connectivity index (χ1v) is 8.75. The van der Waals surface area contributed by atoms with Crippen molar-refractivity contribution in [3.05, 3.63) is 52.5 Å². The van der Waals surface area contributed by atoms with E-state index in [2.05, 4.69) is 10.6 Å². The van der Waals surface area contributed by atoms with Crippen LogP contribution >= 0.6 is 11.6 Å². The molecule has 142 valence electrons. The number of halogens is 1. The highest BCUT2D eigenvalue weighted by Crippen LogP contribution is 2.34. The van der Waals surface area contributed by atoms with Crippen LogP contribution in [0.25, 0.3) is 0 Å². The number of carbonyl (C=O) groups excluding carboxylic acids is 2. The number of hydrogen-bond donors (Lipinski definition) is 3. The molecule has 3 N–H and O–H groups in total. The molecule has 8 heteroatoms. The van der Waals surface area contributed by atoms with Crippen molar-refractivity contribution in [2.75, 3.05) is 18.7 Å². The Labute approximate surface area is 161 Å². The summed E-state index contributed by atoms with van der Waals surface area (Å²) in [6, 6.07) is 10.1. The van der Waals surface area contributed by atoms with Crippen molar-refractivity contribution in [1.82, 2.24) is 5.32 Å². The smallest absolute Gasteiger partial charge is 0.313 e. The molecule has 2 amide bonds. The molecule has 0 fully saturated rings. The summed E-state index contributed by atoms with van der Waals surface area (Å²) in [5, 5.41) is 15.7. The SMILES string of the molecule is Cc1ccc(NC(=O)C(=O)NCCC(O)c2ccc3c(c2)OCO3)cc1Cl. The molecule has 0 radical (unpaired) electrons. The highest BCUT2D eigenvalue weighted by Gasteiger charge is 2.18. The van der Waals surface area contributed by atoms with Crippen LogP contribution in [0.4, 0.5) is 5.69 Å². The standard InChI is InChI=1S/C19H19ClN2O5/c1-11-2-4-13(9-14(11)20)22-19(25)18(24)21-7-6-15(23)12-3-5-16-17(8-12)27-10-26-16/h2-5,8-9,15,23H,6-7,10H2,1H3,(H,21,24)(H,22,25). The largest absolute Gasteiger partial charge is 0.454 e. The number of rotatable bonds is 5. The molecule has 0 saturated carbocycles. The zero-order valence-corrected chi connectivity index (χ0v) is 15.4. The molecule has 0 bridgehead atoms. The maximum atomic E-state index is 11.9. The summed E-state index contributed by atoms with van der Waals surface area (Å²) in [5.74, 6) is -0.379. The zero-order chi connectivity index (χ0) is 19.4. The van der Waals surface area contributed by atoms with Crippen molar-refractivity contribution in [2.24, 2.45) is 0 Å². The highest BCUT2D eigenvalue weighted by molar-refractivity contribution is 6.39. The lowest BCUT2D eigenvalue weighted by molar-refractivity contribution is -0.136. The first kappa shape index (κ1) is 19.0. The lowest BCUT2D eigenvalue weighted by Gasteiger charge is -2.12. The van der Waals surface area contributed by atoms with Gasteiger partial charge in [0.15, 0.2) is 11.5 Å². The number of fused-ring (bicyclic) bond motifs is 1. The number of amides is 2. The van der Waals surface area contributed by atoms with Gasteiger partial charge in [-0.3, -0.25) is 9.59 Å². The lowest BCUT2D eigenvalue weighted by atomic mass is 10.1. The molecule has 1 unspecified atom stereocenters. The first-order chi connectivity index (χ1) is 12.9. The second-order valence-corrected chi connectivity index (χ2v) is 6.50. The van der Waals surface area contributed by atoms with Gasteiger partial charge in [-0.15, -0.1) is 0 Å². The van der Waals surface area contributed by atoms with Crippen LogP contribution in [0.5, 0.6) is 11.5 Å². The van der Waals surface area contributed by atoms with Gasteiger partial charge in [0, 0.05) is 17.3 Å². The maximum Gasteiger partial charge on any atom is 0.313 e. The van der Waals surface area contributed by atoms with Gasteiger partial charge in [-0.1, -0.05) is 23.7 Å². The Kier molecular flexibility index (Phi) is 5.83. The predicted octanol–water partition coefficient (Wildman–Crippen LogP) is 2.56. The number of ether oxygens (including phenoxy) is 2. The van der Waals surface area contributed by atoms with Crippen LogP contribution in [0.1, 0.15) is 23.7 Å². The molecule has 2 aromatic carbocycles. The molecule has 7 nitrogen and oxygen atoms in total. The second-order valence-electron chi connectivity index (χ2n) is 6.09. The number of aryl methyl sites for hydroxylation is 1. The van der Waals surface area contributed by atoms with Crippen LogP contribution in [0.3, 0.4) is 0 Å². The van der Waals surface area contributed by atoms with Gasteiger partial charge < -0.3 is 25.2 Å². The fourth-order valence-electron chi connectivity index (χ4n) is 2.55. The Morgan fingerprint density at radius 2 is 1.93 bits per heavy atom. The maximum absolute atomic E-state index is 11.9. The predicted molar refractivity (Wildman–Crippen MR) is 100.0 cm³/mol. The summed E-state index contributed by atoms with van der Waals surface area (Å²) in [4.78, 5) is 23.8. The van der Waals surface area contributed by atoms with Crippen molar-refractivity contribution in [2.45, 2.75) is 19.4 Å². The van der Waals surface area contributed by atoms with E-state index in [9.17, 15) is 14.7 Å². The number of benzene rings is 2. The molecule has 1 atom stereocenters. The van der Waals surface area contributed by atoms with Crippen LogP contribution < -0.4 is 20.1 Å². The number of anilines is 1. The van der Waals surface area contributed by atoms with Gasteiger partial charge in [0.2, 0.25) is 6.79 Å². The van der Waals surface area contributed by atoms with E-state index in [1.165, 1.54) is 0 Å². The van der Waals surface area contributed by atoms with Crippen molar-refractivity contribution >= 4 is 29.1 Å². The summed E-state index contributed by atoms with van der Waals surface area (Å²) in [6.07, 6.45) is -0.562. The van der Waals surface area contributed by atoms with Crippen molar-refractivity contribution in [1.29, 1.82) is 0 Å². The van der Waals surface area contributed by atoms with Gasteiger partial charge in [0.05, 0.1) is 6.10 Å². The minimum atomic E-state index is -0.807. The van der Waals surface area contributed by atoms with Crippen LogP contribution in [-0.2, 0) is 9.59 Å². The van der Waals surface area contributed by atoms with E-state index >= 15 is 0 Å². The minimum Gasteiger partial charge on any atom is -0.454 e. The van der Waals surface area contributed by atoms with Crippen LogP contribution in [0.15, 0.2) is 36.4 Å². The molecular formula is C19H19ClN2O5. The third kappa shape index (κ3) is 4.69. The number of aliphatic hydroxyl groups is 1. The van der Waals surface area contributed by atoms with Gasteiger partial charge >= 0.3 is 11.8 Å². The van der Waals surface area contributed by atoms with E-state index in [-0.39, 0.29) is 19.8 Å². The van der Waals surface area contributed by atoms with Gasteiger partial charge in [0.25, 0.3) is 0 Å². The molecule has 27 heavy (non-hydrogen) atoms. The van der Waals surface area contributed by atoms with Crippen molar-refractivity contribution < 1.29 is 24.2 Å². The number of aliphatic hydroxyl groups excluding tert-OH is 1. The first-order valence-electron chi connectivity index (χ1n) is 8.37. The molecule has 0 aliphatic carbocycles. The van der Waals surface area contributed by atoms with E-state index < -0.39 is 17.9 Å². The van der Waals surface area contributed by atoms with E-state index in [0.717, 1.165) is 5.56 Å². The summed E-state index contributed by atoms with van der Waals surface area (Å²) in [7, 11) is 0. The Hall–Kier alpha value is -2.77. The molecule has 0 spiro atoms. The van der Waals surface area contributed by atoms with Crippen molar-refractivity contribution in [3.63, 3.8) is 0 Å². The van der Waals surface area contributed by atoms with E-state index in [1.807, 2.05) is 6.92 Å². The summed E-state index contributed by atoms with van der Waals surface area (Å²) in [6.45, 7) is 2.13. The van der Waals surface area contributed by atoms with E-state index in [1.54, 1.807) is 36.4 Å². The van der Waals surface area contributed by atoms with Crippen LogP contribution in [-0.4, -0.2) is 30.3 Å². The molecule has 1 heterocycles. The number of nitrogens with one attached hydrogen (secondary N) is 2. The average Bonchev–Trinajstić information content (AvgIpc) is 3.12. The fraction of sp³-hybridized carbons (Fsp3) is 0.263. The Morgan fingerprint density at radius 1 is 1.15 bits per heavy atom. The highest BCUT2D eigenvalue weighted by atomic mass is 35.5.